The summed E-state index contributed by atoms with van der Waals surface area (Å²) in [4.78, 5) is 30.0. The molecule has 116 valence electrons. The molecule has 0 bridgehead atoms. The van der Waals surface area contributed by atoms with Crippen LogP contribution < -0.4 is 5.32 Å². The average Bonchev–Trinajstić information content (AvgIpc) is 3.09. The van der Waals surface area contributed by atoms with Gasteiger partial charge in [-0.1, -0.05) is 0 Å². The van der Waals surface area contributed by atoms with Gasteiger partial charge in [0.1, 0.15) is 11.6 Å². The lowest BCUT2D eigenvalue weighted by Crippen LogP contribution is -2.72. The normalized spacial score (nSPS) is 44.1. The Hall–Kier alpha value is -1.10. The molecule has 4 fully saturated rings. The second kappa shape index (κ2) is 4.45. The van der Waals surface area contributed by atoms with Crippen LogP contribution in [0.2, 0.25) is 0 Å². The van der Waals surface area contributed by atoms with Crippen molar-refractivity contribution in [2.24, 2.45) is 5.92 Å². The van der Waals surface area contributed by atoms with Crippen LogP contribution >= 0.6 is 0 Å². The number of amides is 2. The van der Waals surface area contributed by atoms with E-state index in [9.17, 15) is 9.59 Å². The number of nitrogens with one attached hydrogen (secondary N) is 1. The predicted octanol–water partition coefficient (Wildman–Crippen LogP) is 0.739. The first-order chi connectivity index (χ1) is 10.0. The zero-order valence-corrected chi connectivity index (χ0v) is 13.0. The van der Waals surface area contributed by atoms with Crippen LogP contribution in [0.3, 0.4) is 0 Å². The van der Waals surface area contributed by atoms with Crippen molar-refractivity contribution in [2.75, 3.05) is 13.1 Å². The minimum absolute atomic E-state index is 0.0282. The molecule has 3 heterocycles. The van der Waals surface area contributed by atoms with E-state index in [2.05, 4.69) is 10.2 Å². The van der Waals surface area contributed by atoms with Crippen LogP contribution in [0.25, 0.3) is 0 Å². The van der Waals surface area contributed by atoms with Crippen LogP contribution in [0.15, 0.2) is 0 Å². The van der Waals surface area contributed by atoms with E-state index in [1.165, 1.54) is 12.8 Å². The summed E-state index contributed by atoms with van der Waals surface area (Å²) in [5.41, 5.74) is -0.657. The largest absolute Gasteiger partial charge is 0.340 e. The maximum atomic E-state index is 13.2. The molecule has 0 radical (unpaired) electrons. The van der Waals surface area contributed by atoms with Gasteiger partial charge in [-0.15, -0.1) is 0 Å². The number of nitrogens with zero attached hydrogens (tertiary/aromatic N) is 2. The SMILES string of the molecule is CC1C(=O)NC(C)(C2CC2)C(=O)N1C1CCN2CCCC12. The summed E-state index contributed by atoms with van der Waals surface area (Å²) >= 11 is 0. The van der Waals surface area contributed by atoms with Crippen molar-refractivity contribution in [3.63, 3.8) is 0 Å². The van der Waals surface area contributed by atoms with Gasteiger partial charge < -0.3 is 10.2 Å². The Labute approximate surface area is 126 Å². The molecule has 1 aliphatic carbocycles. The number of rotatable bonds is 2. The van der Waals surface area contributed by atoms with E-state index < -0.39 is 5.54 Å². The number of fused-ring (bicyclic) bond motifs is 1. The molecule has 4 unspecified atom stereocenters. The molecule has 2 amide bonds. The van der Waals surface area contributed by atoms with Gasteiger partial charge in [0, 0.05) is 18.6 Å². The van der Waals surface area contributed by atoms with Gasteiger partial charge in [-0.05, 0) is 58.4 Å². The average molecular weight is 291 g/mol. The van der Waals surface area contributed by atoms with Crippen LogP contribution in [0, 0.1) is 5.92 Å². The van der Waals surface area contributed by atoms with E-state index in [0.29, 0.717) is 12.0 Å². The number of hydrogen-bond acceptors (Lipinski definition) is 3. The molecule has 5 nitrogen and oxygen atoms in total. The van der Waals surface area contributed by atoms with E-state index in [-0.39, 0.29) is 23.9 Å². The van der Waals surface area contributed by atoms with Gasteiger partial charge in [0.15, 0.2) is 0 Å². The Bertz CT molecular complexity index is 490. The summed E-state index contributed by atoms with van der Waals surface area (Å²) < 4.78 is 0. The molecule has 0 aromatic heterocycles. The van der Waals surface area contributed by atoms with Crippen molar-refractivity contribution in [1.82, 2.24) is 15.1 Å². The molecule has 4 rings (SSSR count). The molecule has 21 heavy (non-hydrogen) atoms. The summed E-state index contributed by atoms with van der Waals surface area (Å²) in [6, 6.07) is 0.389. The molecule has 4 aliphatic rings. The smallest absolute Gasteiger partial charge is 0.249 e. The summed E-state index contributed by atoms with van der Waals surface area (Å²) in [7, 11) is 0. The lowest BCUT2D eigenvalue weighted by molar-refractivity contribution is -0.158. The highest BCUT2D eigenvalue weighted by Crippen LogP contribution is 2.44. The van der Waals surface area contributed by atoms with Crippen molar-refractivity contribution in [3.8, 4) is 0 Å². The van der Waals surface area contributed by atoms with Gasteiger partial charge in [0.25, 0.3) is 0 Å². The quantitative estimate of drug-likeness (QED) is 0.816. The topological polar surface area (TPSA) is 52.7 Å². The second-order valence-electron chi connectivity index (χ2n) is 7.46. The maximum Gasteiger partial charge on any atom is 0.249 e. The molecular weight excluding hydrogens is 266 g/mol. The first kappa shape index (κ1) is 13.6. The lowest BCUT2D eigenvalue weighted by Gasteiger charge is -2.47. The standard InChI is InChI=1S/C16H25N3O2/c1-10-14(20)17-16(2,11-5-6-11)15(21)19(10)13-7-9-18-8-3-4-12(13)18/h10-13H,3-9H2,1-2H3,(H,17,20). The van der Waals surface area contributed by atoms with Gasteiger partial charge in [-0.25, -0.2) is 0 Å². The zero-order valence-electron chi connectivity index (χ0n) is 13.0. The summed E-state index contributed by atoms with van der Waals surface area (Å²) in [6.45, 7) is 6.06. The third-order valence-electron chi connectivity index (χ3n) is 6.18. The monoisotopic (exact) mass is 291 g/mol. The predicted molar refractivity (Wildman–Crippen MR) is 78.6 cm³/mol. The molecule has 1 N–H and O–H groups in total. The Morgan fingerprint density at radius 1 is 1.10 bits per heavy atom. The molecule has 0 aromatic rings. The molecule has 0 spiro atoms. The molecule has 5 heteroatoms. The fraction of sp³-hybridized carbons (Fsp3) is 0.875. The maximum absolute atomic E-state index is 13.2. The van der Waals surface area contributed by atoms with E-state index in [4.69, 9.17) is 0 Å². The number of carbonyl (C=O) groups excluding carboxylic acids is 2. The van der Waals surface area contributed by atoms with Gasteiger partial charge in [-0.2, -0.15) is 0 Å². The first-order valence-electron chi connectivity index (χ1n) is 8.41. The molecule has 3 saturated heterocycles. The third kappa shape index (κ3) is 1.86. The minimum atomic E-state index is -0.657. The van der Waals surface area contributed by atoms with Crippen LogP contribution in [-0.4, -0.2) is 58.4 Å². The fourth-order valence-corrected chi connectivity index (χ4v) is 4.74. The van der Waals surface area contributed by atoms with Crippen molar-refractivity contribution < 1.29 is 9.59 Å². The lowest BCUT2D eigenvalue weighted by atomic mass is 9.87. The number of piperazine rings is 1. The van der Waals surface area contributed by atoms with Crippen LogP contribution in [-0.2, 0) is 9.59 Å². The van der Waals surface area contributed by atoms with Crippen LogP contribution in [0.1, 0.15) is 46.0 Å². The van der Waals surface area contributed by atoms with E-state index in [1.807, 2.05) is 18.7 Å². The van der Waals surface area contributed by atoms with E-state index >= 15 is 0 Å². The zero-order chi connectivity index (χ0) is 14.8. The second-order valence-corrected chi connectivity index (χ2v) is 7.46. The fourth-order valence-electron chi connectivity index (χ4n) is 4.74. The Kier molecular flexibility index (Phi) is 2.87. The summed E-state index contributed by atoms with van der Waals surface area (Å²) in [5, 5.41) is 3.02. The van der Waals surface area contributed by atoms with E-state index in [1.54, 1.807) is 0 Å². The van der Waals surface area contributed by atoms with Crippen LogP contribution in [0.4, 0.5) is 0 Å². The molecule has 4 atom stereocenters. The molecule has 0 aromatic carbocycles. The highest BCUT2D eigenvalue weighted by atomic mass is 16.2. The summed E-state index contributed by atoms with van der Waals surface area (Å²) in [5.74, 6) is 0.529. The van der Waals surface area contributed by atoms with Crippen molar-refractivity contribution >= 4 is 11.8 Å². The highest BCUT2D eigenvalue weighted by molar-refractivity contribution is 6.00. The van der Waals surface area contributed by atoms with Crippen LogP contribution in [0.5, 0.6) is 0 Å². The molecule has 1 saturated carbocycles. The Morgan fingerprint density at radius 3 is 2.57 bits per heavy atom. The number of hydrogen-bond donors (Lipinski definition) is 1. The van der Waals surface area contributed by atoms with Crippen molar-refractivity contribution in [2.45, 2.75) is 69.6 Å². The summed E-state index contributed by atoms with van der Waals surface area (Å²) in [6.07, 6.45) is 5.54. The van der Waals surface area contributed by atoms with Gasteiger partial charge in [-0.3, -0.25) is 14.5 Å². The van der Waals surface area contributed by atoms with Crippen molar-refractivity contribution in [1.29, 1.82) is 0 Å². The number of carbonyl (C=O) groups is 2. The van der Waals surface area contributed by atoms with Gasteiger partial charge in [0.2, 0.25) is 11.8 Å². The first-order valence-corrected chi connectivity index (χ1v) is 8.41. The highest BCUT2D eigenvalue weighted by Gasteiger charge is 2.57. The van der Waals surface area contributed by atoms with Gasteiger partial charge in [0.05, 0.1) is 0 Å². The minimum Gasteiger partial charge on any atom is -0.340 e. The third-order valence-corrected chi connectivity index (χ3v) is 6.18. The van der Waals surface area contributed by atoms with Crippen molar-refractivity contribution in [3.05, 3.63) is 0 Å². The molecule has 3 aliphatic heterocycles. The Morgan fingerprint density at radius 2 is 1.86 bits per heavy atom. The van der Waals surface area contributed by atoms with Gasteiger partial charge >= 0.3 is 0 Å². The Balaban J connectivity index is 1.65. The van der Waals surface area contributed by atoms with E-state index in [0.717, 1.165) is 32.4 Å². The molecular formula is C16H25N3O2.